The molecule has 7 aromatic carbocycles. The van der Waals surface area contributed by atoms with E-state index >= 15 is 0 Å². The zero-order valence-corrected chi connectivity index (χ0v) is 25.7. The molecule has 10 rings (SSSR count). The van der Waals surface area contributed by atoms with Crippen molar-refractivity contribution in [3.8, 4) is 22.9 Å². The molecule has 0 aliphatic rings. The molecule has 0 aliphatic heterocycles. The molecule has 5 heteroatoms. The standard InChI is InChI=1S/C43H26N4O/c48-42-33-18-8-7-17-29(33)31-24-23-30-32(41(31)46(42)28-15-5-2-6-16-28)25-26-38-39(30)35-20-10-12-22-37(35)47(38)43-44-36-21-11-9-19-34(36)40(45-43)27-13-3-1-4-14-27/h1-26H. The first-order valence-corrected chi connectivity index (χ1v) is 16.1. The van der Waals surface area contributed by atoms with E-state index in [1.165, 1.54) is 0 Å². The summed E-state index contributed by atoms with van der Waals surface area (Å²) in [6.45, 7) is 0. The summed E-state index contributed by atoms with van der Waals surface area (Å²) in [4.78, 5) is 24.6. The van der Waals surface area contributed by atoms with E-state index in [1.54, 1.807) is 0 Å². The number of nitrogens with zero attached hydrogens (tertiary/aromatic N) is 4. The van der Waals surface area contributed by atoms with Crippen LogP contribution in [0.5, 0.6) is 0 Å². The zero-order valence-electron chi connectivity index (χ0n) is 25.7. The monoisotopic (exact) mass is 614 g/mol. The van der Waals surface area contributed by atoms with Crippen molar-refractivity contribution in [1.82, 2.24) is 19.1 Å². The molecule has 0 unspecified atom stereocenters. The van der Waals surface area contributed by atoms with E-state index in [0.717, 1.165) is 76.7 Å². The minimum absolute atomic E-state index is 0.0302. The highest BCUT2D eigenvalue weighted by Crippen LogP contribution is 2.40. The van der Waals surface area contributed by atoms with Crippen molar-refractivity contribution in [2.24, 2.45) is 0 Å². The highest BCUT2D eigenvalue weighted by Gasteiger charge is 2.21. The van der Waals surface area contributed by atoms with Crippen LogP contribution in [0.15, 0.2) is 163 Å². The van der Waals surface area contributed by atoms with Gasteiger partial charge in [0.25, 0.3) is 5.56 Å². The van der Waals surface area contributed by atoms with Gasteiger partial charge in [0, 0.05) is 43.6 Å². The molecule has 0 fully saturated rings. The molecule has 0 atom stereocenters. The first-order chi connectivity index (χ1) is 23.8. The van der Waals surface area contributed by atoms with Gasteiger partial charge in [0.05, 0.1) is 27.8 Å². The van der Waals surface area contributed by atoms with Crippen LogP contribution >= 0.6 is 0 Å². The molecule has 0 saturated carbocycles. The lowest BCUT2D eigenvalue weighted by molar-refractivity contribution is 1.01. The van der Waals surface area contributed by atoms with Crippen LogP contribution < -0.4 is 5.56 Å². The zero-order chi connectivity index (χ0) is 31.8. The topological polar surface area (TPSA) is 52.7 Å². The van der Waals surface area contributed by atoms with Gasteiger partial charge in [0.2, 0.25) is 5.95 Å². The number of pyridine rings is 1. The van der Waals surface area contributed by atoms with Crippen LogP contribution in [-0.4, -0.2) is 19.1 Å². The second-order valence-electron chi connectivity index (χ2n) is 12.1. The van der Waals surface area contributed by atoms with E-state index in [9.17, 15) is 4.79 Å². The number of para-hydroxylation sites is 3. The van der Waals surface area contributed by atoms with Crippen LogP contribution in [0.3, 0.4) is 0 Å². The second-order valence-corrected chi connectivity index (χ2v) is 12.1. The molecule has 0 aliphatic carbocycles. The predicted molar refractivity (Wildman–Crippen MR) is 197 cm³/mol. The Hall–Kier alpha value is -6.59. The average molecular weight is 615 g/mol. The Labute approximate surface area is 274 Å². The molecule has 0 bridgehead atoms. The number of fused-ring (bicyclic) bond motifs is 10. The van der Waals surface area contributed by atoms with Crippen molar-refractivity contribution in [1.29, 1.82) is 0 Å². The lowest BCUT2D eigenvalue weighted by Crippen LogP contribution is -2.19. The summed E-state index contributed by atoms with van der Waals surface area (Å²) >= 11 is 0. The van der Waals surface area contributed by atoms with E-state index in [1.807, 2.05) is 89.5 Å². The summed E-state index contributed by atoms with van der Waals surface area (Å²) in [7, 11) is 0. The highest BCUT2D eigenvalue weighted by molar-refractivity contribution is 6.27. The summed E-state index contributed by atoms with van der Waals surface area (Å²) in [5.41, 5.74) is 6.56. The van der Waals surface area contributed by atoms with Gasteiger partial charge in [-0.3, -0.25) is 13.9 Å². The Kier molecular flexibility index (Phi) is 5.66. The Balaban J connectivity index is 1.36. The third kappa shape index (κ3) is 3.76. The third-order valence-electron chi connectivity index (χ3n) is 9.53. The largest absolute Gasteiger partial charge is 0.278 e. The number of rotatable bonds is 3. The van der Waals surface area contributed by atoms with Gasteiger partial charge in [-0.2, -0.15) is 0 Å². The molecule has 0 N–H and O–H groups in total. The van der Waals surface area contributed by atoms with Gasteiger partial charge in [0.15, 0.2) is 0 Å². The molecular formula is C43H26N4O. The Morgan fingerprint density at radius 2 is 1.02 bits per heavy atom. The quantitative estimate of drug-likeness (QED) is 0.186. The first-order valence-electron chi connectivity index (χ1n) is 16.1. The lowest BCUT2D eigenvalue weighted by atomic mass is 9.97. The maximum Gasteiger partial charge on any atom is 0.263 e. The van der Waals surface area contributed by atoms with Crippen molar-refractivity contribution in [2.75, 3.05) is 0 Å². The Morgan fingerprint density at radius 1 is 0.417 bits per heavy atom. The van der Waals surface area contributed by atoms with E-state index in [2.05, 4.69) is 77.4 Å². The van der Waals surface area contributed by atoms with Crippen molar-refractivity contribution in [3.05, 3.63) is 168 Å². The maximum absolute atomic E-state index is 14.2. The molecular weight excluding hydrogens is 589 g/mol. The van der Waals surface area contributed by atoms with Crippen LogP contribution in [0.4, 0.5) is 0 Å². The molecule has 48 heavy (non-hydrogen) atoms. The molecule has 10 aromatic rings. The fraction of sp³-hybridized carbons (Fsp3) is 0. The summed E-state index contributed by atoms with van der Waals surface area (Å²) < 4.78 is 4.06. The predicted octanol–water partition coefficient (Wildman–Crippen LogP) is 10.0. The fourth-order valence-corrected chi connectivity index (χ4v) is 7.46. The third-order valence-corrected chi connectivity index (χ3v) is 9.53. The Bertz CT molecular complexity index is 2960. The van der Waals surface area contributed by atoms with Gasteiger partial charge in [-0.25, -0.2) is 9.97 Å². The molecule has 0 spiro atoms. The number of benzene rings is 7. The van der Waals surface area contributed by atoms with E-state index < -0.39 is 0 Å². The average Bonchev–Trinajstić information content (AvgIpc) is 3.50. The summed E-state index contributed by atoms with van der Waals surface area (Å²) in [6.07, 6.45) is 0. The fourth-order valence-electron chi connectivity index (χ4n) is 7.46. The molecule has 0 amide bonds. The van der Waals surface area contributed by atoms with E-state index in [4.69, 9.17) is 9.97 Å². The van der Waals surface area contributed by atoms with Crippen LogP contribution in [0.2, 0.25) is 0 Å². The number of hydrogen-bond donors (Lipinski definition) is 0. The lowest BCUT2D eigenvalue weighted by Gasteiger charge is -2.16. The molecule has 0 radical (unpaired) electrons. The van der Waals surface area contributed by atoms with Crippen molar-refractivity contribution >= 4 is 65.2 Å². The van der Waals surface area contributed by atoms with Crippen LogP contribution in [-0.2, 0) is 0 Å². The van der Waals surface area contributed by atoms with Gasteiger partial charge in [-0.05, 0) is 47.2 Å². The number of hydrogen-bond acceptors (Lipinski definition) is 3. The molecule has 0 saturated heterocycles. The second kappa shape index (κ2) is 10.2. The maximum atomic E-state index is 14.2. The van der Waals surface area contributed by atoms with Gasteiger partial charge in [-0.1, -0.05) is 121 Å². The minimum atomic E-state index is -0.0302. The van der Waals surface area contributed by atoms with Crippen molar-refractivity contribution in [2.45, 2.75) is 0 Å². The van der Waals surface area contributed by atoms with Crippen LogP contribution in [0.25, 0.3) is 88.0 Å². The van der Waals surface area contributed by atoms with E-state index in [0.29, 0.717) is 11.3 Å². The summed E-state index contributed by atoms with van der Waals surface area (Å²) in [5.74, 6) is 0.617. The molecule has 3 heterocycles. The van der Waals surface area contributed by atoms with E-state index in [-0.39, 0.29) is 5.56 Å². The smallest absolute Gasteiger partial charge is 0.263 e. The van der Waals surface area contributed by atoms with Crippen LogP contribution in [0.1, 0.15) is 0 Å². The van der Waals surface area contributed by atoms with Gasteiger partial charge < -0.3 is 0 Å². The van der Waals surface area contributed by atoms with Crippen molar-refractivity contribution in [3.63, 3.8) is 0 Å². The SMILES string of the molecule is O=c1c2ccccc2c2ccc3c(ccc4c3c3ccccc3n4-c3nc(-c4ccccc4)c4ccccc4n3)c2n1-c1ccccc1. The highest BCUT2D eigenvalue weighted by atomic mass is 16.1. The summed E-state index contributed by atoms with van der Waals surface area (Å²) in [5, 5.41) is 7.98. The number of aromatic nitrogens is 4. The van der Waals surface area contributed by atoms with Crippen molar-refractivity contribution < 1.29 is 0 Å². The first kappa shape index (κ1) is 26.6. The molecule has 5 nitrogen and oxygen atoms in total. The summed E-state index contributed by atoms with van der Waals surface area (Å²) in [6, 6.07) is 53.5. The van der Waals surface area contributed by atoms with Gasteiger partial charge in [0.1, 0.15) is 0 Å². The normalized spacial score (nSPS) is 11.8. The minimum Gasteiger partial charge on any atom is -0.278 e. The van der Waals surface area contributed by atoms with Crippen LogP contribution in [0, 0.1) is 0 Å². The van der Waals surface area contributed by atoms with Gasteiger partial charge >= 0.3 is 0 Å². The Morgan fingerprint density at radius 3 is 1.83 bits per heavy atom. The molecule has 3 aromatic heterocycles. The van der Waals surface area contributed by atoms with Gasteiger partial charge in [-0.15, -0.1) is 0 Å². The molecule has 224 valence electrons.